The second kappa shape index (κ2) is 9.79. The van der Waals surface area contributed by atoms with E-state index in [9.17, 15) is 4.79 Å². The van der Waals surface area contributed by atoms with E-state index in [1.807, 2.05) is 44.5 Å². The minimum absolute atomic E-state index is 0.0139. The molecule has 3 rings (SSSR count). The number of thiazole rings is 1. The van der Waals surface area contributed by atoms with Crippen molar-refractivity contribution in [3.05, 3.63) is 40.3 Å². The first-order valence-corrected chi connectivity index (χ1v) is 11.3. The van der Waals surface area contributed by atoms with E-state index in [1.165, 1.54) is 5.56 Å². The standard InChI is InChI=1S/C23H33N3O3S/c1-23(2,3)22(27)25-20(21-24-10-13-30-21)17-8-11-26(12-9-17)15-16-6-7-18(28-4)19(14-16)29-5/h6-7,10,13-14,17,20H,8-9,11-12,15H2,1-5H3,(H,25,27). The van der Waals surface area contributed by atoms with E-state index in [-0.39, 0.29) is 11.9 Å². The van der Waals surface area contributed by atoms with Crippen LogP contribution in [0.2, 0.25) is 0 Å². The maximum Gasteiger partial charge on any atom is 0.225 e. The molecule has 6 nitrogen and oxygen atoms in total. The van der Waals surface area contributed by atoms with Crippen molar-refractivity contribution in [2.24, 2.45) is 11.3 Å². The molecule has 0 bridgehead atoms. The summed E-state index contributed by atoms with van der Waals surface area (Å²) in [7, 11) is 3.32. The Bertz CT molecular complexity index is 825. The molecule has 2 aromatic rings. The van der Waals surface area contributed by atoms with E-state index in [4.69, 9.17) is 9.47 Å². The Labute approximate surface area is 183 Å². The fourth-order valence-corrected chi connectivity index (χ4v) is 4.59. The molecule has 7 heteroatoms. The Morgan fingerprint density at radius 1 is 1.23 bits per heavy atom. The third-order valence-corrected chi connectivity index (χ3v) is 6.50. The summed E-state index contributed by atoms with van der Waals surface area (Å²) in [6, 6.07) is 6.09. The average molecular weight is 432 g/mol. The molecule has 0 spiro atoms. The lowest BCUT2D eigenvalue weighted by molar-refractivity contribution is -0.129. The maximum absolute atomic E-state index is 12.7. The number of carbonyl (C=O) groups excluding carboxylic acids is 1. The number of nitrogens with one attached hydrogen (secondary N) is 1. The van der Waals surface area contributed by atoms with Crippen molar-refractivity contribution in [3.8, 4) is 11.5 Å². The molecule has 1 aliphatic rings. The summed E-state index contributed by atoms with van der Waals surface area (Å²) in [6.07, 6.45) is 3.88. The number of aromatic nitrogens is 1. The quantitative estimate of drug-likeness (QED) is 0.709. The summed E-state index contributed by atoms with van der Waals surface area (Å²) in [5.41, 5.74) is 0.799. The fraction of sp³-hybridized carbons (Fsp3) is 0.565. The van der Waals surface area contributed by atoms with Crippen LogP contribution in [0.25, 0.3) is 0 Å². The number of ether oxygens (including phenoxy) is 2. The Balaban J connectivity index is 1.63. The summed E-state index contributed by atoms with van der Waals surface area (Å²) in [5.74, 6) is 1.99. The molecule has 1 atom stereocenters. The van der Waals surface area contributed by atoms with Crippen molar-refractivity contribution in [3.63, 3.8) is 0 Å². The van der Waals surface area contributed by atoms with Gasteiger partial charge in [-0.3, -0.25) is 9.69 Å². The number of methoxy groups -OCH3 is 2. The summed E-state index contributed by atoms with van der Waals surface area (Å²) >= 11 is 1.62. The average Bonchev–Trinajstić information content (AvgIpc) is 3.26. The second-order valence-electron chi connectivity index (χ2n) is 8.87. The van der Waals surface area contributed by atoms with Crippen LogP contribution in [0.1, 0.15) is 50.2 Å². The molecule has 1 N–H and O–H groups in total. The van der Waals surface area contributed by atoms with E-state index < -0.39 is 5.41 Å². The highest BCUT2D eigenvalue weighted by Crippen LogP contribution is 2.34. The SMILES string of the molecule is COc1ccc(CN2CCC(C(NC(=O)C(C)(C)C)c3nccs3)CC2)cc1OC. The van der Waals surface area contributed by atoms with Crippen LogP contribution in [0.3, 0.4) is 0 Å². The molecule has 2 heterocycles. The number of benzene rings is 1. The number of hydrogen-bond acceptors (Lipinski definition) is 6. The Morgan fingerprint density at radius 2 is 1.93 bits per heavy atom. The summed E-state index contributed by atoms with van der Waals surface area (Å²) in [5, 5.41) is 6.27. The van der Waals surface area contributed by atoms with Crippen LogP contribution >= 0.6 is 11.3 Å². The van der Waals surface area contributed by atoms with Crippen molar-refractivity contribution in [1.82, 2.24) is 15.2 Å². The molecule has 1 saturated heterocycles. The molecule has 0 saturated carbocycles. The lowest BCUT2D eigenvalue weighted by atomic mass is 9.87. The van der Waals surface area contributed by atoms with Crippen LogP contribution in [0.15, 0.2) is 29.8 Å². The van der Waals surface area contributed by atoms with Gasteiger partial charge in [0.25, 0.3) is 0 Å². The minimum atomic E-state index is -0.413. The molecule has 1 amide bonds. The van der Waals surface area contributed by atoms with E-state index in [0.29, 0.717) is 5.92 Å². The number of rotatable bonds is 7. The van der Waals surface area contributed by atoms with Gasteiger partial charge in [0, 0.05) is 23.5 Å². The van der Waals surface area contributed by atoms with Crippen molar-refractivity contribution in [2.75, 3.05) is 27.3 Å². The van der Waals surface area contributed by atoms with E-state index >= 15 is 0 Å². The topological polar surface area (TPSA) is 63.7 Å². The molecule has 1 unspecified atom stereocenters. The van der Waals surface area contributed by atoms with Gasteiger partial charge in [0.05, 0.1) is 20.3 Å². The second-order valence-corrected chi connectivity index (χ2v) is 9.80. The van der Waals surface area contributed by atoms with Gasteiger partial charge >= 0.3 is 0 Å². The lowest BCUT2D eigenvalue weighted by Gasteiger charge is -2.36. The molecule has 1 aromatic heterocycles. The molecule has 0 radical (unpaired) electrons. The Morgan fingerprint density at radius 3 is 2.50 bits per heavy atom. The zero-order valence-corrected chi connectivity index (χ0v) is 19.4. The number of nitrogens with zero attached hydrogens (tertiary/aromatic N) is 2. The highest BCUT2D eigenvalue weighted by molar-refractivity contribution is 7.09. The summed E-state index contributed by atoms with van der Waals surface area (Å²) in [4.78, 5) is 19.6. The molecule has 1 aromatic carbocycles. The van der Waals surface area contributed by atoms with Crippen molar-refractivity contribution in [1.29, 1.82) is 0 Å². The lowest BCUT2D eigenvalue weighted by Crippen LogP contribution is -2.43. The van der Waals surface area contributed by atoms with Gasteiger partial charge in [-0.25, -0.2) is 4.98 Å². The predicted molar refractivity (Wildman–Crippen MR) is 120 cm³/mol. The van der Waals surface area contributed by atoms with Crippen LogP contribution in [0.5, 0.6) is 11.5 Å². The van der Waals surface area contributed by atoms with E-state index in [1.54, 1.807) is 25.6 Å². The zero-order valence-electron chi connectivity index (χ0n) is 18.6. The first-order valence-electron chi connectivity index (χ1n) is 10.5. The van der Waals surface area contributed by atoms with Gasteiger partial charge in [-0.15, -0.1) is 11.3 Å². The first-order chi connectivity index (χ1) is 14.3. The largest absolute Gasteiger partial charge is 0.493 e. The third kappa shape index (κ3) is 5.52. The summed E-state index contributed by atoms with van der Waals surface area (Å²) < 4.78 is 10.8. The monoisotopic (exact) mass is 431 g/mol. The van der Waals surface area contributed by atoms with Crippen molar-refractivity contribution < 1.29 is 14.3 Å². The molecule has 30 heavy (non-hydrogen) atoms. The van der Waals surface area contributed by atoms with Crippen LogP contribution in [-0.2, 0) is 11.3 Å². The van der Waals surface area contributed by atoms with Crippen LogP contribution in [0.4, 0.5) is 0 Å². The Hall–Kier alpha value is -2.12. The van der Waals surface area contributed by atoms with Gasteiger partial charge in [-0.1, -0.05) is 26.8 Å². The van der Waals surface area contributed by atoms with Crippen molar-refractivity contribution in [2.45, 2.75) is 46.2 Å². The van der Waals surface area contributed by atoms with Crippen LogP contribution < -0.4 is 14.8 Å². The maximum atomic E-state index is 12.7. The Kier molecular flexibility index (Phi) is 7.36. The zero-order chi connectivity index (χ0) is 21.7. The van der Waals surface area contributed by atoms with Crippen LogP contribution in [-0.4, -0.2) is 43.1 Å². The minimum Gasteiger partial charge on any atom is -0.493 e. The van der Waals surface area contributed by atoms with Gasteiger partial charge in [-0.05, 0) is 49.5 Å². The van der Waals surface area contributed by atoms with Crippen LogP contribution in [0, 0.1) is 11.3 Å². The van der Waals surface area contributed by atoms with Gasteiger partial charge < -0.3 is 14.8 Å². The van der Waals surface area contributed by atoms with Gasteiger partial charge in [0.2, 0.25) is 5.91 Å². The molecule has 0 aliphatic carbocycles. The predicted octanol–water partition coefficient (Wildman–Crippen LogP) is 4.28. The summed E-state index contributed by atoms with van der Waals surface area (Å²) in [6.45, 7) is 8.72. The fourth-order valence-electron chi connectivity index (χ4n) is 3.81. The van der Waals surface area contributed by atoms with E-state index in [0.717, 1.165) is 49.0 Å². The number of piperidine rings is 1. The van der Waals surface area contributed by atoms with Crippen molar-refractivity contribution >= 4 is 17.2 Å². The molecule has 1 aliphatic heterocycles. The highest BCUT2D eigenvalue weighted by Gasteiger charge is 2.33. The number of likely N-dealkylation sites (tertiary alicyclic amines) is 1. The van der Waals surface area contributed by atoms with Gasteiger partial charge in [0.15, 0.2) is 11.5 Å². The highest BCUT2D eigenvalue weighted by atomic mass is 32.1. The third-order valence-electron chi connectivity index (χ3n) is 5.64. The molecule has 164 valence electrons. The van der Waals surface area contributed by atoms with Gasteiger partial charge in [0.1, 0.15) is 5.01 Å². The molecule has 1 fully saturated rings. The van der Waals surface area contributed by atoms with E-state index in [2.05, 4.69) is 21.3 Å². The number of amides is 1. The molecular weight excluding hydrogens is 398 g/mol. The first kappa shape index (κ1) is 22.6. The number of carbonyl (C=O) groups is 1. The molecular formula is C23H33N3O3S. The number of hydrogen-bond donors (Lipinski definition) is 1. The normalized spacial score (nSPS) is 16.8. The smallest absolute Gasteiger partial charge is 0.225 e. The van der Waals surface area contributed by atoms with Gasteiger partial charge in [-0.2, -0.15) is 0 Å².